The average Bonchev–Trinajstić information content (AvgIpc) is 3.35. The third-order valence-electron chi connectivity index (χ3n) is 5.31. The summed E-state index contributed by atoms with van der Waals surface area (Å²) in [5.41, 5.74) is 0.0781. The molecule has 1 aromatic carbocycles. The molecular weight excluding hydrogens is 398 g/mol. The van der Waals surface area contributed by atoms with Gasteiger partial charge >= 0.3 is 5.63 Å². The molecule has 10 heteroatoms. The first-order chi connectivity index (χ1) is 15.2. The Morgan fingerprint density at radius 3 is 2.77 bits per heavy atom. The number of nitrogens with zero attached hydrogens (tertiary/aromatic N) is 6. The molecule has 10 nitrogen and oxygen atoms in total. The number of carbonyl (C=O) groups excluding carboxylic acids is 1. The summed E-state index contributed by atoms with van der Waals surface area (Å²) in [6.45, 7) is 1.27. The Morgan fingerprint density at radius 1 is 1.13 bits per heavy atom. The lowest BCUT2D eigenvalue weighted by Gasteiger charge is -2.32. The Balaban J connectivity index is 1.29. The van der Waals surface area contributed by atoms with E-state index in [1.807, 2.05) is 23.1 Å². The molecular formula is C21H19N7O3. The van der Waals surface area contributed by atoms with Gasteiger partial charge in [-0.2, -0.15) is 5.10 Å². The number of fused-ring (bicyclic) bond motifs is 1. The zero-order valence-electron chi connectivity index (χ0n) is 16.5. The number of anilines is 2. The van der Waals surface area contributed by atoms with E-state index in [0.717, 1.165) is 24.8 Å². The van der Waals surface area contributed by atoms with Gasteiger partial charge in [-0.15, -0.1) is 10.2 Å². The van der Waals surface area contributed by atoms with Crippen LogP contribution in [0.25, 0.3) is 16.8 Å². The molecule has 1 N–H and O–H groups in total. The van der Waals surface area contributed by atoms with E-state index in [0.29, 0.717) is 23.8 Å². The number of aromatic nitrogens is 5. The normalized spacial score (nSPS) is 16.4. The Bertz CT molecular complexity index is 1270. The maximum absolute atomic E-state index is 12.9. The highest BCUT2D eigenvalue weighted by atomic mass is 16.4. The number of benzene rings is 1. The van der Waals surface area contributed by atoms with Crippen LogP contribution in [0.4, 0.5) is 11.5 Å². The second-order valence-electron chi connectivity index (χ2n) is 7.35. The maximum atomic E-state index is 12.9. The molecule has 4 heterocycles. The highest BCUT2D eigenvalue weighted by Gasteiger charge is 2.27. The van der Waals surface area contributed by atoms with Gasteiger partial charge in [0, 0.05) is 18.5 Å². The molecule has 1 saturated heterocycles. The number of nitrogens with one attached hydrogen (secondary N) is 1. The summed E-state index contributed by atoms with van der Waals surface area (Å²) < 4.78 is 6.83. The van der Waals surface area contributed by atoms with Gasteiger partial charge in [0.1, 0.15) is 23.9 Å². The van der Waals surface area contributed by atoms with Crippen LogP contribution >= 0.6 is 0 Å². The first-order valence-corrected chi connectivity index (χ1v) is 9.95. The Morgan fingerprint density at radius 2 is 1.97 bits per heavy atom. The molecule has 0 spiro atoms. The van der Waals surface area contributed by atoms with Gasteiger partial charge in [0.15, 0.2) is 11.6 Å². The molecule has 0 saturated carbocycles. The number of carbonyl (C=O) groups is 1. The number of hydrogen-bond donors (Lipinski definition) is 1. The van der Waals surface area contributed by atoms with Crippen molar-refractivity contribution in [2.24, 2.45) is 5.92 Å². The highest BCUT2D eigenvalue weighted by molar-refractivity contribution is 5.94. The van der Waals surface area contributed by atoms with Gasteiger partial charge in [0.05, 0.1) is 5.92 Å². The standard InChI is InChI=1S/C21H19N7O3/c29-20(24-16-10-14-4-1-2-6-17(14)31-21(16)30)15-5-3-9-27(11-15)18-7-8-19(26-25-18)28-13-22-12-23-28/h1-2,4,6-8,10,12-13,15H,3,5,9,11H2,(H,24,29). The third-order valence-corrected chi connectivity index (χ3v) is 5.31. The van der Waals surface area contributed by atoms with Gasteiger partial charge in [-0.3, -0.25) is 4.79 Å². The summed E-state index contributed by atoms with van der Waals surface area (Å²) in [4.78, 5) is 31.0. The van der Waals surface area contributed by atoms with Crippen LogP contribution in [0.2, 0.25) is 0 Å². The Kier molecular flexibility index (Phi) is 4.87. The molecule has 0 radical (unpaired) electrons. The molecule has 1 aliphatic rings. The first kappa shape index (κ1) is 18.9. The molecule has 0 aliphatic carbocycles. The fourth-order valence-corrected chi connectivity index (χ4v) is 3.72. The molecule has 4 aromatic rings. The van der Waals surface area contributed by atoms with Crippen molar-refractivity contribution in [2.45, 2.75) is 12.8 Å². The zero-order valence-corrected chi connectivity index (χ0v) is 16.5. The molecule has 1 amide bonds. The molecule has 31 heavy (non-hydrogen) atoms. The van der Waals surface area contributed by atoms with E-state index in [9.17, 15) is 9.59 Å². The average molecular weight is 417 g/mol. The predicted molar refractivity (Wildman–Crippen MR) is 113 cm³/mol. The van der Waals surface area contributed by atoms with Crippen molar-refractivity contribution in [3.63, 3.8) is 0 Å². The smallest absolute Gasteiger partial charge is 0.360 e. The predicted octanol–water partition coefficient (Wildman–Crippen LogP) is 2.02. The minimum atomic E-state index is -0.561. The lowest BCUT2D eigenvalue weighted by Crippen LogP contribution is -2.41. The van der Waals surface area contributed by atoms with Crippen molar-refractivity contribution < 1.29 is 9.21 Å². The van der Waals surface area contributed by atoms with E-state index < -0.39 is 5.63 Å². The van der Waals surface area contributed by atoms with E-state index in [1.54, 1.807) is 30.6 Å². The van der Waals surface area contributed by atoms with Crippen LogP contribution in [0.3, 0.4) is 0 Å². The van der Waals surface area contributed by atoms with Crippen LogP contribution in [0.15, 0.2) is 64.3 Å². The summed E-state index contributed by atoms with van der Waals surface area (Å²) in [7, 11) is 0. The Labute approximate surface area is 176 Å². The van der Waals surface area contributed by atoms with E-state index in [-0.39, 0.29) is 17.5 Å². The van der Waals surface area contributed by atoms with E-state index in [4.69, 9.17) is 4.42 Å². The topological polar surface area (TPSA) is 119 Å². The number of amides is 1. The quantitative estimate of drug-likeness (QED) is 0.501. The van der Waals surface area contributed by atoms with Crippen molar-refractivity contribution in [3.8, 4) is 5.82 Å². The van der Waals surface area contributed by atoms with Crippen LogP contribution in [0.1, 0.15) is 12.8 Å². The Hall–Kier alpha value is -4.08. The molecule has 1 aliphatic heterocycles. The molecule has 1 unspecified atom stereocenters. The summed E-state index contributed by atoms with van der Waals surface area (Å²) >= 11 is 0. The molecule has 0 bridgehead atoms. The second-order valence-corrected chi connectivity index (χ2v) is 7.35. The minimum Gasteiger partial charge on any atom is -0.421 e. The van der Waals surface area contributed by atoms with Gasteiger partial charge < -0.3 is 14.6 Å². The monoisotopic (exact) mass is 417 g/mol. The highest BCUT2D eigenvalue weighted by Crippen LogP contribution is 2.23. The van der Waals surface area contributed by atoms with Gasteiger partial charge in [-0.05, 0) is 37.1 Å². The lowest BCUT2D eigenvalue weighted by molar-refractivity contribution is -0.120. The number of piperidine rings is 1. The molecule has 5 rings (SSSR count). The summed E-state index contributed by atoms with van der Waals surface area (Å²) in [5, 5.41) is 16.0. The van der Waals surface area contributed by atoms with Crippen LogP contribution in [-0.4, -0.2) is 44.0 Å². The molecule has 3 aromatic heterocycles. The summed E-state index contributed by atoms with van der Waals surface area (Å²) in [5.74, 6) is 0.762. The number of rotatable bonds is 4. The van der Waals surface area contributed by atoms with Gasteiger partial charge in [0.2, 0.25) is 5.91 Å². The lowest BCUT2D eigenvalue weighted by atomic mass is 9.97. The first-order valence-electron chi connectivity index (χ1n) is 9.95. The zero-order chi connectivity index (χ0) is 21.2. The van der Waals surface area contributed by atoms with Crippen molar-refractivity contribution in [2.75, 3.05) is 23.3 Å². The summed E-state index contributed by atoms with van der Waals surface area (Å²) in [6.07, 6.45) is 4.54. The number of hydrogen-bond acceptors (Lipinski definition) is 8. The van der Waals surface area contributed by atoms with Gasteiger partial charge in [0.25, 0.3) is 0 Å². The fraction of sp³-hybridized carbons (Fsp3) is 0.238. The second kappa shape index (κ2) is 7.98. The van der Waals surface area contributed by atoms with Crippen molar-refractivity contribution in [3.05, 3.63) is 65.5 Å². The maximum Gasteiger partial charge on any atom is 0.360 e. The molecule has 1 atom stereocenters. The summed E-state index contributed by atoms with van der Waals surface area (Å²) in [6, 6.07) is 12.5. The van der Waals surface area contributed by atoms with Crippen LogP contribution in [0.5, 0.6) is 0 Å². The van der Waals surface area contributed by atoms with E-state index in [2.05, 4.69) is 25.6 Å². The van der Waals surface area contributed by atoms with Crippen molar-refractivity contribution in [1.82, 2.24) is 25.0 Å². The largest absolute Gasteiger partial charge is 0.421 e. The van der Waals surface area contributed by atoms with Crippen LogP contribution < -0.4 is 15.8 Å². The van der Waals surface area contributed by atoms with Crippen LogP contribution in [-0.2, 0) is 4.79 Å². The third kappa shape index (κ3) is 3.87. The molecule has 1 fully saturated rings. The number of para-hydroxylation sites is 1. The van der Waals surface area contributed by atoms with Crippen molar-refractivity contribution in [1.29, 1.82) is 0 Å². The van der Waals surface area contributed by atoms with Gasteiger partial charge in [-0.25, -0.2) is 14.5 Å². The van der Waals surface area contributed by atoms with E-state index >= 15 is 0 Å². The van der Waals surface area contributed by atoms with E-state index in [1.165, 1.54) is 11.0 Å². The fourth-order valence-electron chi connectivity index (χ4n) is 3.72. The van der Waals surface area contributed by atoms with Gasteiger partial charge in [-0.1, -0.05) is 18.2 Å². The SMILES string of the molecule is O=C(Nc1cc2ccccc2oc1=O)C1CCCN(c2ccc(-n3cncn3)nn2)C1. The van der Waals surface area contributed by atoms with Crippen LogP contribution in [0, 0.1) is 5.92 Å². The minimum absolute atomic E-state index is 0.151. The van der Waals surface area contributed by atoms with Crippen molar-refractivity contribution >= 4 is 28.4 Å². The molecule has 156 valence electrons.